The van der Waals surface area contributed by atoms with Gasteiger partial charge in [0.25, 0.3) is 5.69 Å². The van der Waals surface area contributed by atoms with Crippen LogP contribution in [0.3, 0.4) is 0 Å². The fourth-order valence-electron chi connectivity index (χ4n) is 0.655. The highest BCUT2D eigenvalue weighted by atomic mass is 35.5. The molecule has 0 spiro atoms. The maximum Gasteiger partial charge on any atom is 0.266 e. The summed E-state index contributed by atoms with van der Waals surface area (Å²) in [5.41, 5.74) is 0.122. The lowest BCUT2D eigenvalue weighted by molar-refractivity contribution is -0.473. The summed E-state index contributed by atoms with van der Waals surface area (Å²) in [5, 5.41) is 21.4. The first kappa shape index (κ1) is 7.81. The summed E-state index contributed by atoms with van der Waals surface area (Å²) in [7, 11) is 0. The highest BCUT2D eigenvalue weighted by molar-refractivity contribution is 6.32. The molecule has 1 rings (SSSR count). The third-order valence-corrected chi connectivity index (χ3v) is 1.46. The van der Waals surface area contributed by atoms with Crippen molar-refractivity contribution in [3.63, 3.8) is 0 Å². The van der Waals surface area contributed by atoms with Gasteiger partial charge in [-0.2, -0.15) is 0 Å². The lowest BCUT2D eigenvalue weighted by Crippen LogP contribution is -1.90. The molecule has 0 saturated heterocycles. The number of nitrogens with zero attached hydrogens (tertiary/aromatic N) is 2. The summed E-state index contributed by atoms with van der Waals surface area (Å²) >= 11 is 5.59. The predicted molar refractivity (Wildman–Crippen MR) is 39.0 cm³/mol. The average Bonchev–Trinajstić information content (AvgIpc) is 2.04. The second-order valence-corrected chi connectivity index (χ2v) is 2.22. The monoisotopic (exact) mass is 172 g/mol. The first-order chi connectivity index (χ1) is 5.25. The highest BCUT2D eigenvalue weighted by Gasteiger charge is 2.07. The number of halogens is 1. The maximum atomic E-state index is 10.6. The molecule has 0 unspecified atom stereocenters. The third kappa shape index (κ3) is 1.59. The van der Waals surface area contributed by atoms with E-state index in [2.05, 4.69) is 5.28 Å². The Balaban J connectivity index is 3.14. The molecule has 1 aromatic carbocycles. The van der Waals surface area contributed by atoms with Crippen molar-refractivity contribution in [3.8, 4) is 0 Å². The third-order valence-electron chi connectivity index (χ3n) is 1.14. The van der Waals surface area contributed by atoms with Crippen LogP contribution < -0.4 is 0 Å². The molecule has 11 heavy (non-hydrogen) atoms. The Kier molecular flexibility index (Phi) is 2.28. The Labute approximate surface area is 67.9 Å². The molecular formula is C6H5ClN2O2. The molecule has 0 bridgehead atoms. The fourth-order valence-corrected chi connectivity index (χ4v) is 0.863. The Hall–Kier alpha value is -1.29. The Morgan fingerprint density at radius 3 is 2.64 bits per heavy atom. The summed E-state index contributed by atoms with van der Waals surface area (Å²) < 4.78 is 0. The predicted octanol–water partition coefficient (Wildman–Crippen LogP) is 2.32. The Morgan fingerprint density at radius 1 is 1.45 bits per heavy atom. The molecular weight excluding hydrogens is 168 g/mol. The number of hydrogen-bond donors (Lipinski definition) is 1. The van der Waals surface area contributed by atoms with Crippen LogP contribution in [-0.2, 0) is 0 Å². The topological polar surface area (TPSA) is 58.7 Å². The van der Waals surface area contributed by atoms with Gasteiger partial charge in [-0.05, 0) is 10.9 Å². The normalized spacial score (nSPS) is 11.5. The van der Waals surface area contributed by atoms with Crippen molar-refractivity contribution >= 4 is 17.3 Å². The average molecular weight is 173 g/mol. The number of hydrogen-bond acceptors (Lipinski definition) is 2. The lowest BCUT2D eigenvalue weighted by Gasteiger charge is -1.96. The number of benzene rings is 1. The van der Waals surface area contributed by atoms with Crippen LogP contribution in [0, 0.1) is 5.21 Å². The van der Waals surface area contributed by atoms with E-state index in [1.165, 1.54) is 12.1 Å². The fraction of sp³-hybridized carbons (Fsp3) is 0. The van der Waals surface area contributed by atoms with Crippen LogP contribution in [0.1, 0.15) is 0 Å². The van der Waals surface area contributed by atoms with E-state index in [1.54, 1.807) is 12.1 Å². The molecule has 0 atom stereocenters. The highest BCUT2D eigenvalue weighted by Crippen LogP contribution is 2.22. The molecule has 0 aliphatic heterocycles. The molecule has 0 fully saturated rings. The molecule has 58 valence electrons. The maximum absolute atomic E-state index is 10.6. The van der Waals surface area contributed by atoms with Crippen LogP contribution in [-0.4, -0.2) is 10.1 Å². The van der Waals surface area contributed by atoms with E-state index in [9.17, 15) is 5.21 Å². The van der Waals surface area contributed by atoms with Gasteiger partial charge in [-0.1, -0.05) is 23.7 Å². The van der Waals surface area contributed by atoms with Crippen molar-refractivity contribution in [1.82, 2.24) is 0 Å². The van der Waals surface area contributed by atoms with Gasteiger partial charge in [0, 0.05) is 6.07 Å². The standard InChI is InChI=1S/C6H5ClN2O2/c7-5-3-1-2-4-6(5)9(11)8-10/h1-4,10H. The zero-order valence-corrected chi connectivity index (χ0v) is 6.19. The van der Waals surface area contributed by atoms with E-state index in [0.717, 1.165) is 0 Å². The second-order valence-electron chi connectivity index (χ2n) is 1.81. The van der Waals surface area contributed by atoms with Crippen LogP contribution in [0.15, 0.2) is 29.5 Å². The van der Waals surface area contributed by atoms with Crippen LogP contribution in [0.25, 0.3) is 0 Å². The van der Waals surface area contributed by atoms with E-state index in [-0.39, 0.29) is 15.6 Å². The molecule has 0 radical (unpaired) electrons. The Morgan fingerprint density at radius 2 is 2.09 bits per heavy atom. The van der Waals surface area contributed by atoms with Crippen molar-refractivity contribution in [3.05, 3.63) is 34.5 Å². The summed E-state index contributed by atoms with van der Waals surface area (Å²) in [4.78, 5) is 0.0440. The first-order valence-corrected chi connectivity index (χ1v) is 3.20. The second kappa shape index (κ2) is 3.21. The molecule has 0 heterocycles. The number of rotatable bonds is 1. The molecule has 0 aliphatic carbocycles. The summed E-state index contributed by atoms with van der Waals surface area (Å²) in [6.07, 6.45) is 0. The summed E-state index contributed by atoms with van der Waals surface area (Å²) in [5.74, 6) is 0. The molecule has 1 aromatic rings. The van der Waals surface area contributed by atoms with Gasteiger partial charge in [-0.15, -0.1) is 0 Å². The van der Waals surface area contributed by atoms with Crippen molar-refractivity contribution in [1.29, 1.82) is 0 Å². The lowest BCUT2D eigenvalue weighted by atomic mass is 10.3. The van der Waals surface area contributed by atoms with E-state index < -0.39 is 0 Å². The van der Waals surface area contributed by atoms with Crippen LogP contribution in [0.5, 0.6) is 0 Å². The first-order valence-electron chi connectivity index (χ1n) is 2.82. The Bertz CT molecular complexity index is 288. The molecule has 0 amide bonds. The molecule has 0 aliphatic rings. The van der Waals surface area contributed by atoms with Crippen LogP contribution in [0.2, 0.25) is 5.02 Å². The zero-order chi connectivity index (χ0) is 8.27. The van der Waals surface area contributed by atoms with Crippen molar-refractivity contribution < 1.29 is 10.1 Å². The van der Waals surface area contributed by atoms with Gasteiger partial charge in [0.05, 0.1) is 0 Å². The van der Waals surface area contributed by atoms with Crippen molar-refractivity contribution in [2.45, 2.75) is 0 Å². The van der Waals surface area contributed by atoms with Crippen molar-refractivity contribution in [2.75, 3.05) is 0 Å². The van der Waals surface area contributed by atoms with Crippen LogP contribution >= 0.6 is 11.6 Å². The SMILES string of the molecule is [O-][N+](=NO)c1ccccc1Cl. The van der Waals surface area contributed by atoms with E-state index >= 15 is 0 Å². The summed E-state index contributed by atoms with van der Waals surface area (Å²) in [6.45, 7) is 0. The minimum atomic E-state index is 0.0440. The smallest absolute Gasteiger partial charge is 0.266 e. The van der Waals surface area contributed by atoms with Gasteiger partial charge in [-0.25, -0.2) is 0 Å². The molecule has 0 saturated carbocycles. The quantitative estimate of drug-likeness (QED) is 0.402. The largest absolute Gasteiger partial charge is 0.592 e. The van der Waals surface area contributed by atoms with Crippen molar-refractivity contribution in [2.24, 2.45) is 5.28 Å². The van der Waals surface area contributed by atoms with Gasteiger partial charge in [0.15, 0.2) is 0 Å². The van der Waals surface area contributed by atoms with Gasteiger partial charge >= 0.3 is 0 Å². The molecule has 4 nitrogen and oxygen atoms in total. The zero-order valence-electron chi connectivity index (χ0n) is 5.44. The van der Waals surface area contributed by atoms with E-state index in [1.807, 2.05) is 0 Å². The molecule has 5 heteroatoms. The molecule has 0 aromatic heterocycles. The van der Waals surface area contributed by atoms with Gasteiger partial charge in [0.1, 0.15) is 5.02 Å². The van der Waals surface area contributed by atoms with E-state index in [0.29, 0.717) is 0 Å². The minimum Gasteiger partial charge on any atom is -0.592 e. The van der Waals surface area contributed by atoms with Crippen LogP contribution in [0.4, 0.5) is 5.69 Å². The van der Waals surface area contributed by atoms with E-state index in [4.69, 9.17) is 16.8 Å². The van der Waals surface area contributed by atoms with Gasteiger partial charge in [-0.3, -0.25) is 0 Å². The molecule has 1 N–H and O–H groups in total. The van der Waals surface area contributed by atoms with Gasteiger partial charge in [0.2, 0.25) is 5.28 Å². The minimum absolute atomic E-state index is 0.0440. The van der Waals surface area contributed by atoms with Gasteiger partial charge < -0.3 is 10.4 Å². The summed E-state index contributed by atoms with van der Waals surface area (Å²) in [6, 6.07) is 6.29. The number of para-hydroxylation sites is 1.